The molecular formula is C10H18N4O. The van der Waals surface area contributed by atoms with Crippen molar-refractivity contribution in [3.63, 3.8) is 0 Å². The molecule has 2 N–H and O–H groups in total. The quantitative estimate of drug-likeness (QED) is 0.760. The van der Waals surface area contributed by atoms with E-state index in [1.54, 1.807) is 6.20 Å². The second-order valence-corrected chi connectivity index (χ2v) is 4.33. The van der Waals surface area contributed by atoms with Crippen LogP contribution in [-0.2, 0) is 0 Å². The number of nitrogens with one attached hydrogen (secondary N) is 2. The first-order valence-electron chi connectivity index (χ1n) is 4.88. The van der Waals surface area contributed by atoms with Gasteiger partial charge in [0.1, 0.15) is 0 Å². The van der Waals surface area contributed by atoms with Crippen molar-refractivity contribution in [2.45, 2.75) is 19.4 Å². The van der Waals surface area contributed by atoms with Crippen molar-refractivity contribution in [2.24, 2.45) is 0 Å². The molecule has 1 heterocycles. The highest BCUT2D eigenvalue weighted by Gasteiger charge is 2.20. The van der Waals surface area contributed by atoms with Crippen molar-refractivity contribution in [1.29, 1.82) is 0 Å². The third kappa shape index (κ3) is 3.06. The summed E-state index contributed by atoms with van der Waals surface area (Å²) >= 11 is 0. The standard InChI is InChI=1S/C10H18N4O/c1-10(2,14(3)4)7-13-8-9(15)12-6-5-11-8/h5-6H,7H2,1-4H3,(H,11,13)(H,12,15). The molecule has 0 aliphatic heterocycles. The third-order valence-electron chi connectivity index (χ3n) is 2.61. The second-order valence-electron chi connectivity index (χ2n) is 4.33. The van der Waals surface area contributed by atoms with Gasteiger partial charge in [-0.1, -0.05) is 0 Å². The Hall–Kier alpha value is -1.36. The zero-order chi connectivity index (χ0) is 11.5. The van der Waals surface area contributed by atoms with Gasteiger partial charge >= 0.3 is 0 Å². The maximum atomic E-state index is 11.3. The van der Waals surface area contributed by atoms with Crippen LogP contribution >= 0.6 is 0 Å². The maximum absolute atomic E-state index is 11.3. The first-order chi connectivity index (χ1) is 6.93. The minimum Gasteiger partial charge on any atom is -0.364 e. The molecule has 0 bridgehead atoms. The van der Waals surface area contributed by atoms with Gasteiger partial charge in [-0.05, 0) is 27.9 Å². The average Bonchev–Trinajstić information content (AvgIpc) is 2.16. The molecule has 1 aromatic rings. The fourth-order valence-electron chi connectivity index (χ4n) is 0.936. The molecule has 0 radical (unpaired) electrons. The van der Waals surface area contributed by atoms with Crippen molar-refractivity contribution in [3.05, 3.63) is 22.7 Å². The van der Waals surface area contributed by atoms with E-state index in [9.17, 15) is 4.79 Å². The molecule has 0 saturated heterocycles. The van der Waals surface area contributed by atoms with E-state index in [4.69, 9.17) is 0 Å². The van der Waals surface area contributed by atoms with Crippen molar-refractivity contribution in [3.8, 4) is 0 Å². The molecule has 0 unspecified atom stereocenters. The first-order valence-corrected chi connectivity index (χ1v) is 4.88. The van der Waals surface area contributed by atoms with E-state index in [0.29, 0.717) is 12.4 Å². The number of aromatic amines is 1. The summed E-state index contributed by atoms with van der Waals surface area (Å²) in [6, 6.07) is 0. The van der Waals surface area contributed by atoms with E-state index in [1.807, 2.05) is 14.1 Å². The van der Waals surface area contributed by atoms with E-state index >= 15 is 0 Å². The number of hydrogen-bond acceptors (Lipinski definition) is 4. The Morgan fingerprint density at radius 3 is 2.73 bits per heavy atom. The van der Waals surface area contributed by atoms with Crippen LogP contribution in [-0.4, -0.2) is 41.0 Å². The largest absolute Gasteiger partial charge is 0.364 e. The number of aromatic nitrogens is 2. The minimum atomic E-state index is -0.188. The van der Waals surface area contributed by atoms with E-state index in [0.717, 1.165) is 0 Å². The molecule has 0 spiro atoms. The van der Waals surface area contributed by atoms with Crippen LogP contribution in [0.25, 0.3) is 0 Å². The zero-order valence-electron chi connectivity index (χ0n) is 9.66. The lowest BCUT2D eigenvalue weighted by molar-refractivity contribution is 0.210. The molecule has 5 nitrogen and oxygen atoms in total. The van der Waals surface area contributed by atoms with E-state index in [1.165, 1.54) is 6.20 Å². The van der Waals surface area contributed by atoms with Gasteiger partial charge in [0.15, 0.2) is 5.82 Å². The summed E-state index contributed by atoms with van der Waals surface area (Å²) in [5, 5.41) is 3.04. The number of rotatable bonds is 4. The predicted octanol–water partition coefficient (Wildman–Crippen LogP) is 0.522. The van der Waals surface area contributed by atoms with Crippen LogP contribution in [0.4, 0.5) is 5.82 Å². The Balaban J connectivity index is 2.66. The molecule has 0 fully saturated rings. The number of H-pyrrole nitrogens is 1. The number of hydrogen-bond donors (Lipinski definition) is 2. The van der Waals surface area contributed by atoms with Gasteiger partial charge in [0.25, 0.3) is 5.56 Å². The lowest BCUT2D eigenvalue weighted by Gasteiger charge is -2.32. The van der Waals surface area contributed by atoms with Crippen LogP contribution in [0.2, 0.25) is 0 Å². The molecule has 0 aromatic carbocycles. The fraction of sp³-hybridized carbons (Fsp3) is 0.600. The van der Waals surface area contributed by atoms with Gasteiger partial charge < -0.3 is 15.2 Å². The molecule has 0 saturated carbocycles. The molecule has 15 heavy (non-hydrogen) atoms. The molecule has 5 heteroatoms. The topological polar surface area (TPSA) is 61.0 Å². The van der Waals surface area contributed by atoms with Gasteiger partial charge in [0.05, 0.1) is 0 Å². The normalized spacial score (nSPS) is 11.8. The Morgan fingerprint density at radius 1 is 1.53 bits per heavy atom. The molecule has 0 atom stereocenters. The Labute approximate surface area is 89.5 Å². The fourth-order valence-corrected chi connectivity index (χ4v) is 0.936. The van der Waals surface area contributed by atoms with Gasteiger partial charge in [0, 0.05) is 24.5 Å². The Bertz CT molecular complexity index is 370. The van der Waals surface area contributed by atoms with Gasteiger partial charge in [-0.2, -0.15) is 0 Å². The SMILES string of the molecule is CN(C)C(C)(C)CNc1ncc[nH]c1=O. The summed E-state index contributed by atoms with van der Waals surface area (Å²) in [4.78, 5) is 19.9. The smallest absolute Gasteiger partial charge is 0.290 e. The Kier molecular flexibility index (Phi) is 3.47. The summed E-state index contributed by atoms with van der Waals surface area (Å²) in [6.07, 6.45) is 3.08. The highest BCUT2D eigenvalue weighted by molar-refractivity contribution is 5.30. The second kappa shape index (κ2) is 4.44. The number of nitrogens with zero attached hydrogens (tertiary/aromatic N) is 2. The molecule has 0 amide bonds. The summed E-state index contributed by atoms with van der Waals surface area (Å²) in [7, 11) is 4.01. The summed E-state index contributed by atoms with van der Waals surface area (Å²) in [5.41, 5.74) is -0.212. The van der Waals surface area contributed by atoms with Crippen molar-refractivity contribution in [1.82, 2.24) is 14.9 Å². The Morgan fingerprint density at radius 2 is 2.20 bits per heavy atom. The molecule has 0 aliphatic carbocycles. The number of anilines is 1. The van der Waals surface area contributed by atoms with Gasteiger partial charge in [-0.15, -0.1) is 0 Å². The lowest BCUT2D eigenvalue weighted by atomic mass is 10.0. The monoisotopic (exact) mass is 210 g/mol. The van der Waals surface area contributed by atoms with Crippen LogP contribution < -0.4 is 10.9 Å². The van der Waals surface area contributed by atoms with Crippen LogP contribution in [0.5, 0.6) is 0 Å². The van der Waals surface area contributed by atoms with Gasteiger partial charge in [-0.25, -0.2) is 4.98 Å². The average molecular weight is 210 g/mol. The predicted molar refractivity (Wildman–Crippen MR) is 61.1 cm³/mol. The van der Waals surface area contributed by atoms with Crippen LogP contribution in [0.15, 0.2) is 17.2 Å². The van der Waals surface area contributed by atoms with Gasteiger partial charge in [-0.3, -0.25) is 4.79 Å². The van der Waals surface area contributed by atoms with Crippen LogP contribution in [0.1, 0.15) is 13.8 Å². The highest BCUT2D eigenvalue weighted by atomic mass is 16.1. The van der Waals surface area contributed by atoms with Gasteiger partial charge in [0.2, 0.25) is 0 Å². The summed E-state index contributed by atoms with van der Waals surface area (Å²) in [6.45, 7) is 4.86. The van der Waals surface area contributed by atoms with E-state index in [-0.39, 0.29) is 11.1 Å². The van der Waals surface area contributed by atoms with Crippen LogP contribution in [0, 0.1) is 0 Å². The molecule has 84 valence electrons. The maximum Gasteiger partial charge on any atom is 0.290 e. The first kappa shape index (κ1) is 11.7. The van der Waals surface area contributed by atoms with Crippen molar-refractivity contribution >= 4 is 5.82 Å². The van der Waals surface area contributed by atoms with Crippen molar-refractivity contribution in [2.75, 3.05) is 26.0 Å². The summed E-state index contributed by atoms with van der Waals surface area (Å²) in [5.74, 6) is 0.368. The molecular weight excluding hydrogens is 192 g/mol. The molecule has 0 aliphatic rings. The third-order valence-corrected chi connectivity index (χ3v) is 2.61. The van der Waals surface area contributed by atoms with E-state index < -0.39 is 0 Å². The summed E-state index contributed by atoms with van der Waals surface area (Å²) < 4.78 is 0. The zero-order valence-corrected chi connectivity index (χ0v) is 9.66. The highest BCUT2D eigenvalue weighted by Crippen LogP contribution is 2.09. The molecule has 1 rings (SSSR count). The van der Waals surface area contributed by atoms with Crippen molar-refractivity contribution < 1.29 is 0 Å². The molecule has 1 aromatic heterocycles. The number of likely N-dealkylation sites (N-methyl/N-ethyl adjacent to an activating group) is 1. The van der Waals surface area contributed by atoms with Crippen LogP contribution in [0.3, 0.4) is 0 Å². The lowest BCUT2D eigenvalue weighted by Crippen LogP contribution is -2.44. The van der Waals surface area contributed by atoms with E-state index in [2.05, 4.69) is 34.0 Å². The minimum absolute atomic E-state index is 0.0238.